The first-order valence-corrected chi connectivity index (χ1v) is 5.35. The smallest absolute Gasteiger partial charge is 0.312 e. The number of carbonyl (C=O) groups is 1. The van der Waals surface area contributed by atoms with Crippen LogP contribution in [-0.4, -0.2) is 34.4 Å². The molecule has 1 N–H and O–H groups in total. The number of ether oxygens (including phenoxy) is 1. The number of carboxylic acids is 1. The van der Waals surface area contributed by atoms with Gasteiger partial charge in [0.25, 0.3) is 0 Å². The van der Waals surface area contributed by atoms with E-state index >= 15 is 0 Å². The van der Waals surface area contributed by atoms with Crippen LogP contribution in [0.5, 0.6) is 0 Å². The molecule has 16 heavy (non-hydrogen) atoms. The van der Waals surface area contributed by atoms with Crippen molar-refractivity contribution in [1.82, 2.24) is 10.1 Å². The largest absolute Gasteiger partial charge is 0.481 e. The van der Waals surface area contributed by atoms with Crippen molar-refractivity contribution >= 4 is 5.97 Å². The molecular weight excluding hydrogens is 212 g/mol. The Balaban J connectivity index is 1.88. The molecule has 2 rings (SSSR count). The van der Waals surface area contributed by atoms with Gasteiger partial charge in [0, 0.05) is 19.6 Å². The maximum Gasteiger partial charge on any atom is 0.312 e. The number of hydrogen-bond donors (Lipinski definition) is 1. The summed E-state index contributed by atoms with van der Waals surface area (Å²) < 4.78 is 10.2. The van der Waals surface area contributed by atoms with Crippen molar-refractivity contribution < 1.29 is 19.2 Å². The lowest BCUT2D eigenvalue weighted by molar-refractivity contribution is -0.136. The summed E-state index contributed by atoms with van der Waals surface area (Å²) in [5.41, 5.74) is 0. The van der Waals surface area contributed by atoms with Crippen molar-refractivity contribution in [1.29, 1.82) is 0 Å². The first-order valence-electron chi connectivity index (χ1n) is 5.35. The molecule has 1 aliphatic heterocycles. The van der Waals surface area contributed by atoms with Crippen molar-refractivity contribution in [2.24, 2.45) is 5.92 Å². The average Bonchev–Trinajstić information content (AvgIpc) is 2.66. The van der Waals surface area contributed by atoms with Crippen LogP contribution in [0.2, 0.25) is 0 Å². The molecule has 0 bridgehead atoms. The third-order valence-corrected chi connectivity index (χ3v) is 2.54. The van der Waals surface area contributed by atoms with E-state index in [9.17, 15) is 4.79 Å². The van der Waals surface area contributed by atoms with Gasteiger partial charge >= 0.3 is 5.97 Å². The summed E-state index contributed by atoms with van der Waals surface area (Å²) in [5.74, 6) is 0.200. The molecule has 1 unspecified atom stereocenters. The predicted octanol–water partition coefficient (Wildman–Crippen LogP) is 0.666. The van der Waals surface area contributed by atoms with E-state index in [0.717, 1.165) is 26.1 Å². The summed E-state index contributed by atoms with van der Waals surface area (Å²) >= 11 is 0. The Kier molecular flexibility index (Phi) is 3.51. The van der Waals surface area contributed by atoms with E-state index < -0.39 is 5.97 Å². The van der Waals surface area contributed by atoms with E-state index in [-0.39, 0.29) is 12.3 Å². The molecule has 1 aromatic rings. The van der Waals surface area contributed by atoms with Crippen LogP contribution in [0.3, 0.4) is 0 Å². The fourth-order valence-electron chi connectivity index (χ4n) is 1.80. The molecule has 0 amide bonds. The quantitative estimate of drug-likeness (QED) is 0.811. The Bertz CT molecular complexity index is 357. The second-order valence-corrected chi connectivity index (χ2v) is 3.96. The maximum absolute atomic E-state index is 10.4. The van der Waals surface area contributed by atoms with Crippen LogP contribution in [-0.2, 0) is 22.4 Å². The molecule has 1 aromatic heterocycles. The van der Waals surface area contributed by atoms with Crippen LogP contribution in [0.25, 0.3) is 0 Å². The zero-order valence-corrected chi connectivity index (χ0v) is 8.89. The van der Waals surface area contributed by atoms with Crippen LogP contribution >= 0.6 is 0 Å². The van der Waals surface area contributed by atoms with E-state index in [1.165, 1.54) is 0 Å². The molecule has 1 saturated heterocycles. The van der Waals surface area contributed by atoms with Crippen LogP contribution < -0.4 is 0 Å². The summed E-state index contributed by atoms with van der Waals surface area (Å²) in [4.78, 5) is 14.5. The minimum Gasteiger partial charge on any atom is -0.481 e. The van der Waals surface area contributed by atoms with Crippen LogP contribution in [0.4, 0.5) is 0 Å². The molecule has 2 heterocycles. The first-order chi connectivity index (χ1) is 7.74. The summed E-state index contributed by atoms with van der Waals surface area (Å²) in [7, 11) is 0. The van der Waals surface area contributed by atoms with Gasteiger partial charge in [0.2, 0.25) is 5.89 Å². The van der Waals surface area contributed by atoms with Crippen molar-refractivity contribution in [2.45, 2.75) is 25.7 Å². The molecule has 0 saturated carbocycles. The van der Waals surface area contributed by atoms with Crippen molar-refractivity contribution in [3.05, 3.63) is 11.7 Å². The topological polar surface area (TPSA) is 85.5 Å². The monoisotopic (exact) mass is 226 g/mol. The second-order valence-electron chi connectivity index (χ2n) is 3.96. The fraction of sp³-hybridized carbons (Fsp3) is 0.700. The predicted molar refractivity (Wildman–Crippen MR) is 52.9 cm³/mol. The lowest BCUT2D eigenvalue weighted by Crippen LogP contribution is -2.19. The molecule has 6 nitrogen and oxygen atoms in total. The van der Waals surface area contributed by atoms with Gasteiger partial charge in [-0.25, -0.2) is 0 Å². The van der Waals surface area contributed by atoms with Crippen LogP contribution in [0, 0.1) is 5.92 Å². The summed E-state index contributed by atoms with van der Waals surface area (Å²) in [5, 5.41) is 12.3. The van der Waals surface area contributed by atoms with Crippen LogP contribution in [0.1, 0.15) is 24.6 Å². The van der Waals surface area contributed by atoms with Gasteiger partial charge < -0.3 is 14.4 Å². The van der Waals surface area contributed by atoms with E-state index in [1.54, 1.807) is 0 Å². The minimum absolute atomic E-state index is 0.166. The van der Waals surface area contributed by atoms with Crippen LogP contribution in [0.15, 0.2) is 4.52 Å². The first kappa shape index (κ1) is 11.1. The third-order valence-electron chi connectivity index (χ3n) is 2.54. The third kappa shape index (κ3) is 3.03. The van der Waals surface area contributed by atoms with Crippen molar-refractivity contribution in [3.8, 4) is 0 Å². The number of carboxylic acid groups (broad SMARTS) is 1. The Morgan fingerprint density at radius 1 is 1.56 bits per heavy atom. The molecular formula is C10H14N2O4. The van der Waals surface area contributed by atoms with Gasteiger partial charge in [-0.1, -0.05) is 5.16 Å². The van der Waals surface area contributed by atoms with Crippen molar-refractivity contribution in [2.75, 3.05) is 13.2 Å². The number of aliphatic carboxylic acids is 1. The SMILES string of the molecule is O=C(O)Cc1nc(CC2CCCOC2)no1. The highest BCUT2D eigenvalue weighted by Gasteiger charge is 2.18. The lowest BCUT2D eigenvalue weighted by atomic mass is 9.98. The lowest BCUT2D eigenvalue weighted by Gasteiger charge is -2.20. The molecule has 1 aliphatic rings. The second kappa shape index (κ2) is 5.07. The van der Waals surface area contributed by atoms with E-state index in [1.807, 2.05) is 0 Å². The van der Waals surface area contributed by atoms with Gasteiger partial charge in [-0.05, 0) is 18.8 Å². The highest BCUT2D eigenvalue weighted by atomic mass is 16.5. The molecule has 1 fully saturated rings. The zero-order valence-electron chi connectivity index (χ0n) is 8.89. The number of rotatable bonds is 4. The van der Waals surface area contributed by atoms with Gasteiger partial charge in [0.1, 0.15) is 6.42 Å². The summed E-state index contributed by atoms with van der Waals surface area (Å²) in [6.07, 6.45) is 2.64. The van der Waals surface area contributed by atoms with E-state index in [2.05, 4.69) is 10.1 Å². The normalized spacial score (nSPS) is 20.9. The Morgan fingerprint density at radius 3 is 3.12 bits per heavy atom. The molecule has 88 valence electrons. The van der Waals surface area contributed by atoms with E-state index in [4.69, 9.17) is 14.4 Å². The fourth-order valence-corrected chi connectivity index (χ4v) is 1.80. The Labute approximate surface area is 92.6 Å². The Morgan fingerprint density at radius 2 is 2.44 bits per heavy atom. The summed E-state index contributed by atoms with van der Waals surface area (Å²) in [6, 6.07) is 0. The van der Waals surface area contributed by atoms with Gasteiger partial charge in [-0.3, -0.25) is 4.79 Å². The Hall–Kier alpha value is -1.43. The minimum atomic E-state index is -0.962. The van der Waals surface area contributed by atoms with Gasteiger partial charge in [0.15, 0.2) is 5.82 Å². The van der Waals surface area contributed by atoms with Crippen molar-refractivity contribution in [3.63, 3.8) is 0 Å². The van der Waals surface area contributed by atoms with E-state index in [0.29, 0.717) is 18.2 Å². The maximum atomic E-state index is 10.4. The van der Waals surface area contributed by atoms with Gasteiger partial charge in [0.05, 0.1) is 0 Å². The number of aromatic nitrogens is 2. The number of nitrogens with zero attached hydrogens (tertiary/aromatic N) is 2. The molecule has 0 radical (unpaired) electrons. The molecule has 0 aromatic carbocycles. The highest BCUT2D eigenvalue weighted by Crippen LogP contribution is 2.17. The van der Waals surface area contributed by atoms with Gasteiger partial charge in [-0.15, -0.1) is 0 Å². The molecule has 6 heteroatoms. The standard InChI is InChI=1S/C10H14N2O4/c13-10(14)5-9-11-8(12-16-9)4-7-2-1-3-15-6-7/h7H,1-6H2,(H,13,14). The summed E-state index contributed by atoms with van der Waals surface area (Å²) in [6.45, 7) is 1.55. The molecule has 1 atom stereocenters. The average molecular weight is 226 g/mol. The van der Waals surface area contributed by atoms with Gasteiger partial charge in [-0.2, -0.15) is 4.98 Å². The molecule has 0 spiro atoms. The zero-order chi connectivity index (χ0) is 11.4. The molecule has 0 aliphatic carbocycles. The highest BCUT2D eigenvalue weighted by molar-refractivity contribution is 5.68. The number of hydrogen-bond acceptors (Lipinski definition) is 5.